The van der Waals surface area contributed by atoms with Crippen LogP contribution in [0.2, 0.25) is 0 Å². The van der Waals surface area contributed by atoms with E-state index in [-0.39, 0.29) is 0 Å². The average molecular weight is 266 g/mol. The van der Waals surface area contributed by atoms with Crippen molar-refractivity contribution in [1.82, 2.24) is 9.97 Å². The number of aromatic nitrogens is 2. The summed E-state index contributed by atoms with van der Waals surface area (Å²) in [6.07, 6.45) is 0.883. The molecule has 0 radical (unpaired) electrons. The first-order valence-electron chi connectivity index (χ1n) is 6.89. The second-order valence-corrected chi connectivity index (χ2v) is 4.92. The van der Waals surface area contributed by atoms with Crippen molar-refractivity contribution in [3.8, 4) is 0 Å². The summed E-state index contributed by atoms with van der Waals surface area (Å²) in [6.45, 7) is 3.35. The Bertz CT molecular complexity index is 689. The Morgan fingerprint density at radius 1 is 1.05 bits per heavy atom. The molecule has 3 aromatic rings. The molecule has 1 aromatic heterocycles. The predicted molar refractivity (Wildman–Crippen MR) is 80.6 cm³/mol. The van der Waals surface area contributed by atoms with E-state index in [0.29, 0.717) is 13.2 Å². The van der Waals surface area contributed by atoms with Crippen molar-refractivity contribution in [3.63, 3.8) is 0 Å². The van der Waals surface area contributed by atoms with Gasteiger partial charge in [0.25, 0.3) is 0 Å². The van der Waals surface area contributed by atoms with E-state index in [9.17, 15) is 0 Å². The van der Waals surface area contributed by atoms with Crippen LogP contribution in [-0.2, 0) is 17.8 Å². The lowest BCUT2D eigenvalue weighted by Crippen LogP contribution is -1.99. The summed E-state index contributed by atoms with van der Waals surface area (Å²) in [6, 6.07) is 16.5. The maximum absolute atomic E-state index is 5.74. The molecule has 1 N–H and O–H groups in total. The van der Waals surface area contributed by atoms with Gasteiger partial charge in [-0.1, -0.05) is 42.5 Å². The zero-order valence-electron chi connectivity index (χ0n) is 11.6. The molecular formula is C17H18N2O. The van der Waals surface area contributed by atoms with Crippen molar-refractivity contribution in [2.75, 3.05) is 6.61 Å². The largest absolute Gasteiger partial charge is 0.376 e. The van der Waals surface area contributed by atoms with Crippen LogP contribution in [0.15, 0.2) is 48.5 Å². The molecule has 0 saturated carbocycles. The molecule has 20 heavy (non-hydrogen) atoms. The van der Waals surface area contributed by atoms with Gasteiger partial charge in [0.15, 0.2) is 0 Å². The monoisotopic (exact) mass is 266 g/mol. The highest BCUT2D eigenvalue weighted by molar-refractivity contribution is 5.78. The van der Waals surface area contributed by atoms with Gasteiger partial charge >= 0.3 is 0 Å². The van der Waals surface area contributed by atoms with Gasteiger partial charge in [0, 0.05) is 0 Å². The number of hydrogen-bond donors (Lipinski definition) is 1. The molecular weight excluding hydrogens is 248 g/mol. The summed E-state index contributed by atoms with van der Waals surface area (Å²) >= 11 is 0. The molecule has 0 unspecified atom stereocenters. The minimum Gasteiger partial charge on any atom is -0.376 e. The van der Waals surface area contributed by atoms with Crippen molar-refractivity contribution >= 4 is 11.0 Å². The first-order chi connectivity index (χ1) is 9.83. The third kappa shape index (κ3) is 2.89. The molecule has 1 heterocycles. The summed E-state index contributed by atoms with van der Waals surface area (Å²) in [7, 11) is 0. The van der Waals surface area contributed by atoms with Crippen molar-refractivity contribution in [1.29, 1.82) is 0 Å². The second kappa shape index (κ2) is 5.88. The number of fused-ring (bicyclic) bond motifs is 1. The lowest BCUT2D eigenvalue weighted by Gasteiger charge is -2.05. The predicted octanol–water partition coefficient (Wildman–Crippen LogP) is 3.63. The zero-order chi connectivity index (χ0) is 13.8. The molecule has 0 aliphatic rings. The van der Waals surface area contributed by atoms with E-state index in [1.807, 2.05) is 25.1 Å². The maximum atomic E-state index is 5.74. The smallest absolute Gasteiger partial charge is 0.104 e. The highest BCUT2D eigenvalue weighted by Crippen LogP contribution is 2.17. The van der Waals surface area contributed by atoms with Crippen molar-refractivity contribution < 1.29 is 4.74 Å². The molecule has 2 aromatic carbocycles. The van der Waals surface area contributed by atoms with Gasteiger partial charge in [0.05, 0.1) is 24.2 Å². The Hall–Kier alpha value is -2.13. The number of aryl methyl sites for hydroxylation is 1. The van der Waals surface area contributed by atoms with Gasteiger partial charge < -0.3 is 9.72 Å². The maximum Gasteiger partial charge on any atom is 0.104 e. The van der Waals surface area contributed by atoms with Gasteiger partial charge in [-0.2, -0.15) is 0 Å². The first kappa shape index (κ1) is 12.9. The van der Waals surface area contributed by atoms with E-state index in [2.05, 4.69) is 40.3 Å². The number of H-pyrrole nitrogens is 1. The molecule has 0 atom stereocenters. The van der Waals surface area contributed by atoms with Crippen LogP contribution < -0.4 is 0 Å². The van der Waals surface area contributed by atoms with Gasteiger partial charge in [-0.25, -0.2) is 4.98 Å². The van der Waals surface area contributed by atoms with E-state index in [0.717, 1.165) is 23.3 Å². The molecule has 3 nitrogen and oxygen atoms in total. The SMILES string of the molecule is Cc1nc2c(CCOCc3ccccc3)cccc2[nH]1. The highest BCUT2D eigenvalue weighted by atomic mass is 16.5. The number of ether oxygens (including phenoxy) is 1. The Morgan fingerprint density at radius 3 is 2.75 bits per heavy atom. The number of benzene rings is 2. The van der Waals surface area contributed by atoms with Crippen LogP contribution in [0.25, 0.3) is 11.0 Å². The van der Waals surface area contributed by atoms with E-state index < -0.39 is 0 Å². The summed E-state index contributed by atoms with van der Waals surface area (Å²) in [5.41, 5.74) is 4.61. The van der Waals surface area contributed by atoms with E-state index in [1.165, 1.54) is 11.1 Å². The van der Waals surface area contributed by atoms with Crippen LogP contribution in [0.5, 0.6) is 0 Å². The molecule has 3 heteroatoms. The van der Waals surface area contributed by atoms with Crippen LogP contribution in [0.1, 0.15) is 17.0 Å². The standard InChI is InChI=1S/C17H18N2O/c1-13-18-16-9-5-8-15(17(16)19-13)10-11-20-12-14-6-3-2-4-7-14/h2-9H,10-12H2,1H3,(H,18,19). The molecule has 0 bridgehead atoms. The van der Waals surface area contributed by atoms with Crippen LogP contribution in [0.3, 0.4) is 0 Å². The first-order valence-corrected chi connectivity index (χ1v) is 6.89. The van der Waals surface area contributed by atoms with Crippen molar-refractivity contribution in [2.24, 2.45) is 0 Å². The minimum atomic E-state index is 0.663. The quantitative estimate of drug-likeness (QED) is 0.716. The lowest BCUT2D eigenvalue weighted by atomic mass is 10.1. The normalized spacial score (nSPS) is 11.1. The Morgan fingerprint density at radius 2 is 1.90 bits per heavy atom. The molecule has 0 aliphatic carbocycles. The summed E-state index contributed by atoms with van der Waals surface area (Å²) in [4.78, 5) is 7.80. The fraction of sp³-hybridized carbons (Fsp3) is 0.235. The summed E-state index contributed by atoms with van der Waals surface area (Å²) in [5, 5.41) is 0. The Balaban J connectivity index is 1.60. The van der Waals surface area contributed by atoms with Crippen LogP contribution in [0, 0.1) is 6.92 Å². The van der Waals surface area contributed by atoms with Crippen LogP contribution in [-0.4, -0.2) is 16.6 Å². The molecule has 3 rings (SSSR count). The summed E-state index contributed by atoms with van der Waals surface area (Å²) in [5.74, 6) is 0.956. The number of aromatic amines is 1. The highest BCUT2D eigenvalue weighted by Gasteiger charge is 2.05. The van der Waals surface area contributed by atoms with E-state index in [1.54, 1.807) is 0 Å². The topological polar surface area (TPSA) is 37.9 Å². The van der Waals surface area contributed by atoms with Gasteiger partial charge in [0.2, 0.25) is 0 Å². The Kier molecular flexibility index (Phi) is 3.79. The number of nitrogens with zero attached hydrogens (tertiary/aromatic N) is 1. The number of para-hydroxylation sites is 1. The lowest BCUT2D eigenvalue weighted by molar-refractivity contribution is 0.124. The molecule has 0 fully saturated rings. The minimum absolute atomic E-state index is 0.663. The number of nitrogens with one attached hydrogen (secondary N) is 1. The van der Waals surface area contributed by atoms with Crippen LogP contribution >= 0.6 is 0 Å². The van der Waals surface area contributed by atoms with Crippen LogP contribution in [0.4, 0.5) is 0 Å². The second-order valence-electron chi connectivity index (χ2n) is 4.92. The van der Waals surface area contributed by atoms with Gasteiger partial charge in [-0.15, -0.1) is 0 Å². The molecule has 0 aliphatic heterocycles. The fourth-order valence-corrected chi connectivity index (χ4v) is 2.36. The molecule has 0 spiro atoms. The number of rotatable bonds is 5. The third-order valence-electron chi connectivity index (χ3n) is 3.34. The molecule has 0 saturated heterocycles. The van der Waals surface area contributed by atoms with Crippen molar-refractivity contribution in [3.05, 3.63) is 65.5 Å². The van der Waals surface area contributed by atoms with Gasteiger partial charge in [-0.3, -0.25) is 0 Å². The molecule has 102 valence electrons. The summed E-state index contributed by atoms with van der Waals surface area (Å²) < 4.78 is 5.74. The number of imidazole rings is 1. The molecule has 0 amide bonds. The fourth-order valence-electron chi connectivity index (χ4n) is 2.36. The van der Waals surface area contributed by atoms with Gasteiger partial charge in [-0.05, 0) is 30.5 Å². The van der Waals surface area contributed by atoms with Crippen molar-refractivity contribution in [2.45, 2.75) is 20.0 Å². The zero-order valence-corrected chi connectivity index (χ0v) is 11.6. The van der Waals surface area contributed by atoms with Gasteiger partial charge in [0.1, 0.15) is 5.82 Å². The Labute approximate surface area is 118 Å². The average Bonchev–Trinajstić information content (AvgIpc) is 2.86. The third-order valence-corrected chi connectivity index (χ3v) is 3.34. The number of hydrogen-bond acceptors (Lipinski definition) is 2. The van der Waals surface area contributed by atoms with E-state index in [4.69, 9.17) is 4.74 Å². The van der Waals surface area contributed by atoms with E-state index >= 15 is 0 Å².